The first kappa shape index (κ1) is 17.2. The number of nitrogens with one attached hydrogen (secondary N) is 1. The molecule has 0 fully saturated rings. The fraction of sp³-hybridized carbons (Fsp3) is 0.250. The Hall–Kier alpha value is -3.22. The SMILES string of the molecule is CCCCOc1ccc(F)c(-n2nc(C)c3c(=O)[nH]c4cccnc4c32)c1. The summed E-state index contributed by atoms with van der Waals surface area (Å²) in [5.41, 5.74) is 2.08. The molecule has 0 aliphatic rings. The van der Waals surface area contributed by atoms with E-state index in [2.05, 4.69) is 22.0 Å². The lowest BCUT2D eigenvalue weighted by atomic mass is 10.2. The molecule has 0 saturated heterocycles. The Morgan fingerprint density at radius 2 is 2.15 bits per heavy atom. The summed E-state index contributed by atoms with van der Waals surface area (Å²) in [5.74, 6) is 0.106. The minimum absolute atomic E-state index is 0.222. The minimum Gasteiger partial charge on any atom is -0.494 e. The predicted octanol–water partition coefficient (Wildman–Crippen LogP) is 3.89. The van der Waals surface area contributed by atoms with Crippen molar-refractivity contribution in [3.05, 3.63) is 58.4 Å². The number of H-pyrrole nitrogens is 1. The number of unbranched alkanes of at least 4 members (excludes halogenated alkanes) is 1. The van der Waals surface area contributed by atoms with Crippen molar-refractivity contribution in [3.63, 3.8) is 0 Å². The molecule has 27 heavy (non-hydrogen) atoms. The number of aromatic amines is 1. The van der Waals surface area contributed by atoms with Gasteiger partial charge in [0.15, 0.2) is 0 Å². The van der Waals surface area contributed by atoms with Crippen molar-refractivity contribution < 1.29 is 9.13 Å². The predicted molar refractivity (Wildman–Crippen MR) is 102 cm³/mol. The van der Waals surface area contributed by atoms with Crippen molar-refractivity contribution in [1.29, 1.82) is 0 Å². The molecule has 6 nitrogen and oxygen atoms in total. The molecular weight excluding hydrogens is 347 g/mol. The molecule has 0 unspecified atom stereocenters. The number of fused-ring (bicyclic) bond motifs is 3. The smallest absolute Gasteiger partial charge is 0.259 e. The van der Waals surface area contributed by atoms with E-state index in [0.29, 0.717) is 40.0 Å². The van der Waals surface area contributed by atoms with Crippen LogP contribution in [0.3, 0.4) is 0 Å². The van der Waals surface area contributed by atoms with Gasteiger partial charge in [-0.25, -0.2) is 9.07 Å². The Morgan fingerprint density at radius 1 is 1.30 bits per heavy atom. The van der Waals surface area contributed by atoms with E-state index in [9.17, 15) is 9.18 Å². The normalized spacial score (nSPS) is 11.4. The van der Waals surface area contributed by atoms with Gasteiger partial charge in [0.05, 0.1) is 23.2 Å². The summed E-state index contributed by atoms with van der Waals surface area (Å²) in [6.07, 6.45) is 3.56. The molecule has 0 radical (unpaired) electrons. The molecule has 0 aliphatic heterocycles. The van der Waals surface area contributed by atoms with Gasteiger partial charge in [-0.3, -0.25) is 9.78 Å². The van der Waals surface area contributed by atoms with Crippen LogP contribution in [-0.2, 0) is 0 Å². The lowest BCUT2D eigenvalue weighted by Gasteiger charge is -2.10. The Labute approximate surface area is 154 Å². The Balaban J connectivity index is 1.97. The molecule has 1 N–H and O–H groups in total. The summed E-state index contributed by atoms with van der Waals surface area (Å²) < 4.78 is 21.8. The summed E-state index contributed by atoms with van der Waals surface area (Å²) in [7, 11) is 0. The maximum atomic E-state index is 14.7. The third-order valence-electron chi connectivity index (χ3n) is 4.48. The van der Waals surface area contributed by atoms with Gasteiger partial charge >= 0.3 is 0 Å². The van der Waals surface area contributed by atoms with E-state index >= 15 is 0 Å². The molecule has 0 bridgehead atoms. The first-order valence-electron chi connectivity index (χ1n) is 8.89. The van der Waals surface area contributed by atoms with Crippen LogP contribution in [0, 0.1) is 12.7 Å². The maximum Gasteiger partial charge on any atom is 0.259 e. The van der Waals surface area contributed by atoms with Crippen LogP contribution in [0.2, 0.25) is 0 Å². The first-order valence-corrected chi connectivity index (χ1v) is 8.89. The zero-order valence-corrected chi connectivity index (χ0v) is 15.1. The molecular formula is C20H19FN4O2. The van der Waals surface area contributed by atoms with Crippen LogP contribution in [-0.4, -0.2) is 26.4 Å². The molecule has 138 valence electrons. The fourth-order valence-electron chi connectivity index (χ4n) is 3.15. The molecule has 3 aromatic heterocycles. The van der Waals surface area contributed by atoms with Crippen LogP contribution in [0.15, 0.2) is 41.3 Å². The maximum absolute atomic E-state index is 14.7. The molecule has 7 heteroatoms. The molecule has 1 aromatic carbocycles. The number of hydrogen-bond acceptors (Lipinski definition) is 4. The van der Waals surface area contributed by atoms with E-state index in [1.807, 2.05) is 0 Å². The number of rotatable bonds is 5. The zero-order valence-electron chi connectivity index (χ0n) is 15.1. The van der Waals surface area contributed by atoms with Gasteiger partial charge in [-0.1, -0.05) is 13.3 Å². The van der Waals surface area contributed by atoms with Crippen molar-refractivity contribution in [1.82, 2.24) is 19.7 Å². The topological polar surface area (TPSA) is 72.8 Å². The number of benzene rings is 1. The third-order valence-corrected chi connectivity index (χ3v) is 4.48. The van der Waals surface area contributed by atoms with Crippen LogP contribution in [0.5, 0.6) is 5.75 Å². The number of nitrogens with zero attached hydrogens (tertiary/aromatic N) is 3. The van der Waals surface area contributed by atoms with Gasteiger partial charge < -0.3 is 9.72 Å². The van der Waals surface area contributed by atoms with Crippen molar-refractivity contribution in [2.75, 3.05) is 6.61 Å². The number of hydrogen-bond donors (Lipinski definition) is 1. The van der Waals surface area contributed by atoms with Crippen LogP contribution in [0.4, 0.5) is 4.39 Å². The first-order chi connectivity index (χ1) is 13.1. The van der Waals surface area contributed by atoms with Crippen LogP contribution in [0.25, 0.3) is 27.6 Å². The van der Waals surface area contributed by atoms with Gasteiger partial charge in [0, 0.05) is 12.3 Å². The van der Waals surface area contributed by atoms with Gasteiger partial charge in [-0.15, -0.1) is 0 Å². The highest BCUT2D eigenvalue weighted by Crippen LogP contribution is 2.28. The largest absolute Gasteiger partial charge is 0.494 e. The summed E-state index contributed by atoms with van der Waals surface area (Å²) in [4.78, 5) is 19.7. The highest BCUT2D eigenvalue weighted by molar-refractivity contribution is 6.02. The molecule has 4 rings (SSSR count). The number of pyridine rings is 2. The molecule has 0 spiro atoms. The molecule has 4 aromatic rings. The molecule has 0 saturated carbocycles. The average Bonchev–Trinajstić information content (AvgIpc) is 3.01. The van der Waals surface area contributed by atoms with Gasteiger partial charge in [-0.2, -0.15) is 5.10 Å². The second-order valence-corrected chi connectivity index (χ2v) is 6.39. The second kappa shape index (κ2) is 6.83. The molecule has 0 aliphatic carbocycles. The van der Waals surface area contributed by atoms with E-state index < -0.39 is 5.82 Å². The van der Waals surface area contributed by atoms with Crippen molar-refractivity contribution >= 4 is 21.9 Å². The van der Waals surface area contributed by atoms with Gasteiger partial charge in [-0.05, 0) is 37.6 Å². The van der Waals surface area contributed by atoms with Gasteiger partial charge in [0.1, 0.15) is 28.3 Å². The standard InChI is InChI=1S/C20H19FN4O2/c1-3-4-10-27-13-7-8-14(21)16(11-13)25-19-17(12(2)24-25)20(26)23-15-6-5-9-22-18(15)19/h5-9,11H,3-4,10H2,1-2H3,(H,23,26). The van der Waals surface area contributed by atoms with E-state index in [4.69, 9.17) is 4.74 Å². The quantitative estimate of drug-likeness (QED) is 0.544. The van der Waals surface area contributed by atoms with Crippen LogP contribution in [0.1, 0.15) is 25.5 Å². The monoisotopic (exact) mass is 366 g/mol. The minimum atomic E-state index is -0.452. The Kier molecular flexibility index (Phi) is 4.35. The van der Waals surface area contributed by atoms with Crippen LogP contribution >= 0.6 is 0 Å². The highest BCUT2D eigenvalue weighted by atomic mass is 19.1. The molecule has 3 heterocycles. The number of halogens is 1. The van der Waals surface area contributed by atoms with E-state index in [0.717, 1.165) is 12.8 Å². The fourth-order valence-corrected chi connectivity index (χ4v) is 3.15. The Bertz CT molecular complexity index is 1200. The average molecular weight is 366 g/mol. The van der Waals surface area contributed by atoms with Crippen LogP contribution < -0.4 is 10.3 Å². The van der Waals surface area contributed by atoms with Crippen molar-refractivity contribution in [3.8, 4) is 11.4 Å². The molecule has 0 atom stereocenters. The van der Waals surface area contributed by atoms with Gasteiger partial charge in [0.2, 0.25) is 0 Å². The third kappa shape index (κ3) is 2.95. The van der Waals surface area contributed by atoms with Gasteiger partial charge in [0.25, 0.3) is 5.56 Å². The van der Waals surface area contributed by atoms with Crippen molar-refractivity contribution in [2.45, 2.75) is 26.7 Å². The van der Waals surface area contributed by atoms with E-state index in [1.165, 1.54) is 10.7 Å². The summed E-state index contributed by atoms with van der Waals surface area (Å²) in [6.45, 7) is 4.36. The van der Waals surface area contributed by atoms with E-state index in [1.54, 1.807) is 37.4 Å². The summed E-state index contributed by atoms with van der Waals surface area (Å²) in [6, 6.07) is 8.04. The summed E-state index contributed by atoms with van der Waals surface area (Å²) >= 11 is 0. The van der Waals surface area contributed by atoms with Crippen molar-refractivity contribution in [2.24, 2.45) is 0 Å². The lowest BCUT2D eigenvalue weighted by molar-refractivity contribution is 0.309. The van der Waals surface area contributed by atoms with E-state index in [-0.39, 0.29) is 11.2 Å². The highest BCUT2D eigenvalue weighted by Gasteiger charge is 2.19. The second-order valence-electron chi connectivity index (χ2n) is 6.39. The zero-order chi connectivity index (χ0) is 19.0. The Morgan fingerprint density at radius 3 is 2.96 bits per heavy atom. The number of aryl methyl sites for hydroxylation is 1. The number of ether oxygens (including phenoxy) is 1. The lowest BCUT2D eigenvalue weighted by Crippen LogP contribution is -2.08. The number of aromatic nitrogens is 4. The molecule has 0 amide bonds. The summed E-state index contributed by atoms with van der Waals surface area (Å²) in [5, 5.41) is 4.83.